The summed E-state index contributed by atoms with van der Waals surface area (Å²) in [5.74, 6) is 1.02. The van der Waals surface area contributed by atoms with Crippen LogP contribution in [0.3, 0.4) is 0 Å². The Morgan fingerprint density at radius 1 is 1.53 bits per heavy atom. The number of hydrogen-bond acceptors (Lipinski definition) is 5. The van der Waals surface area contributed by atoms with Gasteiger partial charge in [-0.1, -0.05) is 0 Å². The Kier molecular flexibility index (Phi) is 3.02. The molecule has 0 saturated carbocycles. The van der Waals surface area contributed by atoms with E-state index in [2.05, 4.69) is 43.8 Å². The highest BCUT2D eigenvalue weighted by Crippen LogP contribution is 2.34. The Morgan fingerprint density at radius 3 is 3.24 bits per heavy atom. The molecular weight excluding hydrogens is 302 g/mol. The zero-order chi connectivity index (χ0) is 11.8. The lowest BCUT2D eigenvalue weighted by Gasteiger charge is -2.34. The van der Waals surface area contributed by atoms with E-state index in [1.54, 1.807) is 17.7 Å². The Hall–Kier alpha value is -0.720. The van der Waals surface area contributed by atoms with E-state index < -0.39 is 0 Å². The molecule has 0 bridgehead atoms. The third-order valence-electron chi connectivity index (χ3n) is 2.92. The van der Waals surface area contributed by atoms with Gasteiger partial charge in [0.1, 0.15) is 17.0 Å². The Labute approximate surface area is 112 Å². The summed E-state index contributed by atoms with van der Waals surface area (Å²) >= 11 is 5.14. The molecule has 6 heteroatoms. The molecule has 3 rings (SSSR count). The van der Waals surface area contributed by atoms with Crippen molar-refractivity contribution in [3.05, 3.63) is 16.2 Å². The van der Waals surface area contributed by atoms with Gasteiger partial charge in [0.2, 0.25) is 0 Å². The van der Waals surface area contributed by atoms with Crippen LogP contribution in [0.1, 0.15) is 6.92 Å². The fourth-order valence-electron chi connectivity index (χ4n) is 2.08. The van der Waals surface area contributed by atoms with Crippen molar-refractivity contribution in [3.8, 4) is 0 Å². The summed E-state index contributed by atoms with van der Waals surface area (Å²) in [5.41, 5.74) is 0. The summed E-state index contributed by atoms with van der Waals surface area (Å²) in [4.78, 5) is 12.1. The van der Waals surface area contributed by atoms with Crippen molar-refractivity contribution < 1.29 is 4.74 Å². The van der Waals surface area contributed by atoms with Crippen LogP contribution in [0.25, 0.3) is 10.2 Å². The summed E-state index contributed by atoms with van der Waals surface area (Å²) in [6, 6.07) is 2.46. The summed E-state index contributed by atoms with van der Waals surface area (Å²) in [7, 11) is 0. The number of halogens is 1. The molecule has 1 aliphatic rings. The predicted octanol–water partition coefficient (Wildman–Crippen LogP) is 2.68. The van der Waals surface area contributed by atoms with Gasteiger partial charge in [0.15, 0.2) is 0 Å². The normalized spacial score (nSPS) is 21.1. The molecule has 0 aliphatic carbocycles. The third-order valence-corrected chi connectivity index (χ3v) is 4.46. The van der Waals surface area contributed by atoms with E-state index in [9.17, 15) is 0 Å². The van der Waals surface area contributed by atoms with Crippen LogP contribution in [0, 0.1) is 0 Å². The standard InChI is InChI=1S/C11H12BrN3OS/c1-7-5-16-3-2-15(7)10-8-4-9(12)17-11(8)14-6-13-10/h4,6-7H,2-3,5H2,1H3/t7-/m0/s1. The van der Waals surface area contributed by atoms with Gasteiger partial charge >= 0.3 is 0 Å². The maximum atomic E-state index is 5.46. The summed E-state index contributed by atoms with van der Waals surface area (Å²) in [6.45, 7) is 4.58. The van der Waals surface area contributed by atoms with Crippen molar-refractivity contribution in [3.63, 3.8) is 0 Å². The van der Waals surface area contributed by atoms with Gasteiger partial charge in [-0.15, -0.1) is 11.3 Å². The van der Waals surface area contributed by atoms with Crippen LogP contribution in [0.15, 0.2) is 16.2 Å². The highest BCUT2D eigenvalue weighted by atomic mass is 79.9. The monoisotopic (exact) mass is 313 g/mol. The van der Waals surface area contributed by atoms with Crippen molar-refractivity contribution in [2.75, 3.05) is 24.7 Å². The Morgan fingerprint density at radius 2 is 2.41 bits per heavy atom. The van der Waals surface area contributed by atoms with Crippen molar-refractivity contribution >= 4 is 43.3 Å². The van der Waals surface area contributed by atoms with Gasteiger partial charge in [-0.05, 0) is 28.9 Å². The zero-order valence-corrected chi connectivity index (χ0v) is 11.8. The minimum Gasteiger partial charge on any atom is -0.377 e. The van der Waals surface area contributed by atoms with Crippen LogP contribution < -0.4 is 4.90 Å². The van der Waals surface area contributed by atoms with Crippen molar-refractivity contribution in [2.45, 2.75) is 13.0 Å². The second kappa shape index (κ2) is 4.51. The number of rotatable bonds is 1. The van der Waals surface area contributed by atoms with Gasteiger partial charge < -0.3 is 9.64 Å². The van der Waals surface area contributed by atoms with Crippen LogP contribution >= 0.6 is 27.3 Å². The highest BCUT2D eigenvalue weighted by molar-refractivity contribution is 9.11. The van der Waals surface area contributed by atoms with Crippen LogP contribution in [0.4, 0.5) is 5.82 Å². The van der Waals surface area contributed by atoms with E-state index >= 15 is 0 Å². The molecule has 1 saturated heterocycles. The molecule has 90 valence electrons. The van der Waals surface area contributed by atoms with Crippen molar-refractivity contribution in [1.29, 1.82) is 0 Å². The van der Waals surface area contributed by atoms with Crippen LogP contribution in [-0.2, 0) is 4.74 Å². The van der Waals surface area contributed by atoms with Crippen molar-refractivity contribution in [2.24, 2.45) is 0 Å². The van der Waals surface area contributed by atoms with Gasteiger partial charge in [0.25, 0.3) is 0 Å². The molecule has 2 aromatic heterocycles. The molecule has 17 heavy (non-hydrogen) atoms. The Bertz CT molecular complexity index is 544. The summed E-state index contributed by atoms with van der Waals surface area (Å²) in [5, 5.41) is 1.12. The number of fused-ring (bicyclic) bond motifs is 1. The van der Waals surface area contributed by atoms with Gasteiger partial charge in [-0.3, -0.25) is 0 Å². The van der Waals surface area contributed by atoms with Gasteiger partial charge in [-0.2, -0.15) is 0 Å². The lowest BCUT2D eigenvalue weighted by Crippen LogP contribution is -2.44. The molecule has 0 N–H and O–H groups in total. The van der Waals surface area contributed by atoms with Crippen molar-refractivity contribution in [1.82, 2.24) is 9.97 Å². The number of aromatic nitrogens is 2. The number of nitrogens with zero attached hydrogens (tertiary/aromatic N) is 3. The van der Waals surface area contributed by atoms with Crippen LogP contribution in [-0.4, -0.2) is 35.8 Å². The van der Waals surface area contributed by atoms with E-state index in [0.717, 1.165) is 39.6 Å². The predicted molar refractivity (Wildman–Crippen MR) is 72.7 cm³/mol. The minimum absolute atomic E-state index is 0.362. The molecule has 3 heterocycles. The van der Waals surface area contributed by atoms with Gasteiger partial charge in [-0.25, -0.2) is 9.97 Å². The van der Waals surface area contributed by atoms with E-state index in [1.165, 1.54) is 0 Å². The van der Waals surface area contributed by atoms with Crippen LogP contribution in [0.5, 0.6) is 0 Å². The first-order valence-electron chi connectivity index (χ1n) is 5.50. The lowest BCUT2D eigenvalue weighted by molar-refractivity contribution is 0.0987. The number of morpholine rings is 1. The molecule has 0 spiro atoms. The second-order valence-electron chi connectivity index (χ2n) is 4.08. The molecule has 4 nitrogen and oxygen atoms in total. The maximum Gasteiger partial charge on any atom is 0.141 e. The highest BCUT2D eigenvalue weighted by Gasteiger charge is 2.22. The molecule has 1 fully saturated rings. The Balaban J connectivity index is 2.09. The molecule has 1 atom stereocenters. The smallest absolute Gasteiger partial charge is 0.141 e. The summed E-state index contributed by atoms with van der Waals surface area (Å²) < 4.78 is 6.55. The zero-order valence-electron chi connectivity index (χ0n) is 9.39. The minimum atomic E-state index is 0.362. The first-order valence-corrected chi connectivity index (χ1v) is 7.11. The van der Waals surface area contributed by atoms with Gasteiger partial charge in [0.05, 0.1) is 28.4 Å². The average Bonchev–Trinajstić information content (AvgIpc) is 2.70. The van der Waals surface area contributed by atoms with E-state index in [1.807, 2.05) is 0 Å². The third kappa shape index (κ3) is 2.05. The molecule has 0 radical (unpaired) electrons. The topological polar surface area (TPSA) is 38.2 Å². The number of ether oxygens (including phenoxy) is 1. The first-order chi connectivity index (χ1) is 8.25. The fraction of sp³-hybridized carbons (Fsp3) is 0.455. The van der Waals surface area contributed by atoms with E-state index in [-0.39, 0.29) is 0 Å². The first kappa shape index (κ1) is 11.4. The lowest BCUT2D eigenvalue weighted by atomic mass is 10.2. The molecule has 0 aromatic carbocycles. The molecule has 2 aromatic rings. The fourth-order valence-corrected chi connectivity index (χ4v) is 3.49. The summed E-state index contributed by atoms with van der Waals surface area (Å²) in [6.07, 6.45) is 1.64. The SMILES string of the molecule is C[C@H]1COCCN1c1ncnc2sc(Br)cc12. The largest absolute Gasteiger partial charge is 0.377 e. The molecular formula is C11H12BrN3OS. The molecule has 0 unspecified atom stereocenters. The average molecular weight is 314 g/mol. The number of thiophene rings is 1. The molecule has 1 aliphatic heterocycles. The number of anilines is 1. The van der Waals surface area contributed by atoms with Crippen LogP contribution in [0.2, 0.25) is 0 Å². The van der Waals surface area contributed by atoms with Gasteiger partial charge in [0, 0.05) is 6.54 Å². The maximum absolute atomic E-state index is 5.46. The van der Waals surface area contributed by atoms with E-state index in [0.29, 0.717) is 6.04 Å². The molecule has 0 amide bonds. The van der Waals surface area contributed by atoms with E-state index in [4.69, 9.17) is 4.74 Å². The second-order valence-corrected chi connectivity index (χ2v) is 6.49. The quantitative estimate of drug-likeness (QED) is 0.811. The number of hydrogen-bond donors (Lipinski definition) is 0.